The van der Waals surface area contributed by atoms with E-state index in [1.165, 1.54) is 31.4 Å². The summed E-state index contributed by atoms with van der Waals surface area (Å²) in [5.74, 6) is 0.755. The van der Waals surface area contributed by atoms with E-state index in [9.17, 15) is 4.79 Å². The van der Waals surface area contributed by atoms with E-state index < -0.39 is 0 Å². The van der Waals surface area contributed by atoms with Gasteiger partial charge in [-0.3, -0.25) is 4.79 Å². The minimum absolute atomic E-state index is 0.272. The molecule has 1 aliphatic carbocycles. The van der Waals surface area contributed by atoms with Gasteiger partial charge >= 0.3 is 0 Å². The van der Waals surface area contributed by atoms with Crippen LogP contribution in [0.2, 0.25) is 0 Å². The van der Waals surface area contributed by atoms with Gasteiger partial charge in [-0.25, -0.2) is 0 Å². The maximum atomic E-state index is 12.9. The summed E-state index contributed by atoms with van der Waals surface area (Å²) in [6, 6.07) is 0.272. The van der Waals surface area contributed by atoms with Gasteiger partial charge in [0.15, 0.2) is 0 Å². The Morgan fingerprint density at radius 2 is 2.05 bits per heavy atom. The number of carbonyl (C=O) groups excluding carboxylic acids is 1. The first-order chi connectivity index (χ1) is 9.45. The van der Waals surface area contributed by atoms with E-state index in [1.807, 2.05) is 20.8 Å². The molecular formula is C18H29NO. The smallest absolute Gasteiger partial charge is 0.232 e. The van der Waals surface area contributed by atoms with Crippen molar-refractivity contribution in [3.63, 3.8) is 0 Å². The minimum Gasteiger partial charge on any atom is -0.309 e. The van der Waals surface area contributed by atoms with Gasteiger partial charge in [0, 0.05) is 17.0 Å². The van der Waals surface area contributed by atoms with Crippen LogP contribution in [-0.2, 0) is 4.79 Å². The summed E-state index contributed by atoms with van der Waals surface area (Å²) in [4.78, 5) is 15.0. The van der Waals surface area contributed by atoms with Gasteiger partial charge in [0.05, 0.1) is 6.04 Å². The summed E-state index contributed by atoms with van der Waals surface area (Å²) in [5, 5.41) is 0. The van der Waals surface area contributed by atoms with E-state index in [2.05, 4.69) is 30.1 Å². The van der Waals surface area contributed by atoms with Crippen LogP contribution in [0.25, 0.3) is 0 Å². The van der Waals surface area contributed by atoms with Gasteiger partial charge in [-0.15, -0.1) is 0 Å². The van der Waals surface area contributed by atoms with Crippen LogP contribution in [0.4, 0.5) is 0 Å². The second-order valence-corrected chi connectivity index (χ2v) is 7.19. The Kier molecular flexibility index (Phi) is 4.72. The van der Waals surface area contributed by atoms with Crippen LogP contribution in [-0.4, -0.2) is 16.8 Å². The van der Waals surface area contributed by atoms with E-state index >= 15 is 0 Å². The first kappa shape index (κ1) is 15.3. The number of unbranched alkanes of at least 4 members (excludes halogenated alkanes) is 2. The molecule has 0 aromatic heterocycles. The van der Waals surface area contributed by atoms with Crippen LogP contribution in [0, 0.1) is 11.3 Å². The molecule has 0 aromatic rings. The molecule has 2 aliphatic rings. The van der Waals surface area contributed by atoms with Crippen molar-refractivity contribution in [3.05, 3.63) is 23.9 Å². The van der Waals surface area contributed by atoms with E-state index in [-0.39, 0.29) is 17.4 Å². The highest BCUT2D eigenvalue weighted by Crippen LogP contribution is 2.38. The van der Waals surface area contributed by atoms with E-state index in [4.69, 9.17) is 0 Å². The molecule has 2 nitrogen and oxygen atoms in total. The Labute approximate surface area is 123 Å². The first-order valence-electron chi connectivity index (χ1n) is 8.17. The number of hydrogen-bond acceptors (Lipinski definition) is 1. The van der Waals surface area contributed by atoms with Gasteiger partial charge in [-0.05, 0) is 19.3 Å². The van der Waals surface area contributed by atoms with Crippen molar-refractivity contribution in [3.8, 4) is 0 Å². The standard InChI is InChI=1S/C18H29NO/c1-5-6-7-10-15-13-12-14-9-8-11-16(14)19(15)17(20)18(2,3)4/h11-15H,5-10H2,1-4H3/t14-,15+/m0/s1. The maximum Gasteiger partial charge on any atom is 0.232 e. The number of nitrogens with zero attached hydrogens (tertiary/aromatic N) is 1. The third kappa shape index (κ3) is 3.16. The molecule has 0 N–H and O–H groups in total. The molecule has 0 unspecified atom stereocenters. The normalized spacial score (nSPS) is 25.6. The van der Waals surface area contributed by atoms with E-state index in [1.54, 1.807) is 0 Å². The molecular weight excluding hydrogens is 246 g/mol. The lowest BCUT2D eigenvalue weighted by molar-refractivity contribution is -0.139. The average molecular weight is 275 g/mol. The van der Waals surface area contributed by atoms with E-state index in [0.717, 1.165) is 12.8 Å². The van der Waals surface area contributed by atoms with Gasteiger partial charge < -0.3 is 4.90 Å². The largest absolute Gasteiger partial charge is 0.309 e. The van der Waals surface area contributed by atoms with E-state index in [0.29, 0.717) is 5.92 Å². The van der Waals surface area contributed by atoms with Crippen LogP contribution in [0.3, 0.4) is 0 Å². The Hall–Kier alpha value is -1.05. The molecule has 1 amide bonds. The zero-order valence-corrected chi connectivity index (χ0v) is 13.5. The molecule has 0 radical (unpaired) electrons. The third-order valence-electron chi connectivity index (χ3n) is 4.35. The third-order valence-corrected chi connectivity index (χ3v) is 4.35. The van der Waals surface area contributed by atoms with Crippen LogP contribution in [0.5, 0.6) is 0 Å². The Bertz CT molecular complexity index is 414. The van der Waals surface area contributed by atoms with Crippen molar-refractivity contribution in [1.29, 1.82) is 0 Å². The van der Waals surface area contributed by atoms with Crippen molar-refractivity contribution in [2.24, 2.45) is 11.3 Å². The lowest BCUT2D eigenvalue weighted by Gasteiger charge is -2.40. The zero-order chi connectivity index (χ0) is 14.8. The van der Waals surface area contributed by atoms with Gasteiger partial charge in [0.25, 0.3) is 0 Å². The van der Waals surface area contributed by atoms with Crippen molar-refractivity contribution in [1.82, 2.24) is 4.90 Å². The Morgan fingerprint density at radius 1 is 1.30 bits per heavy atom. The number of fused-ring (bicyclic) bond motifs is 1. The zero-order valence-electron chi connectivity index (χ0n) is 13.5. The molecule has 0 spiro atoms. The predicted octanol–water partition coefficient (Wildman–Crippen LogP) is 4.67. The summed E-state index contributed by atoms with van der Waals surface area (Å²) >= 11 is 0. The molecule has 1 aliphatic heterocycles. The number of carbonyl (C=O) groups is 1. The maximum absolute atomic E-state index is 12.9. The summed E-state index contributed by atoms with van der Waals surface area (Å²) in [7, 11) is 0. The molecule has 2 rings (SSSR count). The number of hydrogen-bond donors (Lipinski definition) is 0. The molecule has 0 saturated heterocycles. The summed E-state index contributed by atoms with van der Waals surface area (Å²) in [6.45, 7) is 8.31. The number of allylic oxidation sites excluding steroid dienone is 2. The van der Waals surface area contributed by atoms with Crippen molar-refractivity contribution >= 4 is 5.91 Å². The van der Waals surface area contributed by atoms with Crippen LogP contribution in [0.15, 0.2) is 23.9 Å². The van der Waals surface area contributed by atoms with Crippen molar-refractivity contribution in [2.75, 3.05) is 0 Å². The summed E-state index contributed by atoms with van der Waals surface area (Å²) in [6.07, 6.45) is 14.0. The first-order valence-corrected chi connectivity index (χ1v) is 8.17. The Morgan fingerprint density at radius 3 is 2.70 bits per heavy atom. The highest BCUT2D eigenvalue weighted by atomic mass is 16.2. The fourth-order valence-corrected chi connectivity index (χ4v) is 3.18. The van der Waals surface area contributed by atoms with Gasteiger partial charge in [-0.2, -0.15) is 0 Å². The minimum atomic E-state index is -0.303. The van der Waals surface area contributed by atoms with Crippen LogP contribution < -0.4 is 0 Å². The highest BCUT2D eigenvalue weighted by Gasteiger charge is 2.38. The second kappa shape index (κ2) is 6.15. The fourth-order valence-electron chi connectivity index (χ4n) is 3.18. The number of amides is 1. The predicted molar refractivity (Wildman–Crippen MR) is 84.2 cm³/mol. The topological polar surface area (TPSA) is 20.3 Å². The molecule has 0 fully saturated rings. The molecule has 0 aromatic carbocycles. The SMILES string of the molecule is CCCCC[C@@H]1C=C[C@@H]2CCC=C2N1C(=O)C(C)(C)C. The molecule has 1 heterocycles. The average Bonchev–Trinajstić information content (AvgIpc) is 2.85. The van der Waals surface area contributed by atoms with Crippen molar-refractivity contribution < 1.29 is 4.79 Å². The fraction of sp³-hybridized carbons (Fsp3) is 0.722. The van der Waals surface area contributed by atoms with Crippen LogP contribution >= 0.6 is 0 Å². The van der Waals surface area contributed by atoms with Gasteiger partial charge in [0.1, 0.15) is 0 Å². The van der Waals surface area contributed by atoms with Gasteiger partial charge in [0.2, 0.25) is 5.91 Å². The molecule has 2 atom stereocenters. The van der Waals surface area contributed by atoms with Crippen LogP contribution in [0.1, 0.15) is 66.2 Å². The lowest BCUT2D eigenvalue weighted by Crippen LogP contribution is -2.47. The second-order valence-electron chi connectivity index (χ2n) is 7.19. The molecule has 0 saturated carbocycles. The molecule has 112 valence electrons. The Balaban J connectivity index is 2.20. The highest BCUT2D eigenvalue weighted by molar-refractivity contribution is 5.84. The number of rotatable bonds is 4. The molecule has 0 bridgehead atoms. The van der Waals surface area contributed by atoms with Gasteiger partial charge in [-0.1, -0.05) is 65.2 Å². The monoisotopic (exact) mass is 275 g/mol. The van der Waals surface area contributed by atoms with Crippen molar-refractivity contribution in [2.45, 2.75) is 72.3 Å². The lowest BCUT2D eigenvalue weighted by atomic mass is 9.89. The summed E-state index contributed by atoms with van der Waals surface area (Å²) in [5.41, 5.74) is 0.969. The summed E-state index contributed by atoms with van der Waals surface area (Å²) < 4.78 is 0. The molecule has 2 heteroatoms. The molecule has 20 heavy (non-hydrogen) atoms. The quantitative estimate of drug-likeness (QED) is 0.539.